The van der Waals surface area contributed by atoms with Crippen LogP contribution in [-0.2, 0) is 36.6 Å². The Bertz CT molecular complexity index is 686. The van der Waals surface area contributed by atoms with Crippen LogP contribution in [0.2, 0.25) is 0 Å². The number of sulfonamides is 1. The van der Waals surface area contributed by atoms with Gasteiger partial charge in [0, 0.05) is 41.8 Å². The molecule has 0 aromatic carbocycles. The zero-order valence-electron chi connectivity index (χ0n) is 11.6. The fourth-order valence-corrected chi connectivity index (χ4v) is 3.97. The second kappa shape index (κ2) is 6.09. The minimum atomic E-state index is -3.49. The lowest BCUT2D eigenvalue weighted by Gasteiger charge is -2.03. The van der Waals surface area contributed by atoms with Gasteiger partial charge >= 0.3 is 0 Å². The zero-order valence-corrected chi connectivity index (χ0v) is 13.2. The molecule has 0 spiro atoms. The Hall–Kier alpha value is -1.15. The van der Waals surface area contributed by atoms with E-state index in [0.29, 0.717) is 13.1 Å². The molecule has 110 valence electrons. The van der Waals surface area contributed by atoms with Crippen molar-refractivity contribution in [1.82, 2.24) is 9.29 Å². The molecule has 0 saturated carbocycles. The SMILES string of the molecule is CCc1ccc(CNS(=O)(=O)c2cc(CN)n(C)c2)s1. The molecule has 0 atom stereocenters. The summed E-state index contributed by atoms with van der Waals surface area (Å²) >= 11 is 1.63. The van der Waals surface area contributed by atoms with Gasteiger partial charge in [0.05, 0.1) is 4.90 Å². The first-order valence-electron chi connectivity index (χ1n) is 6.39. The van der Waals surface area contributed by atoms with Gasteiger partial charge in [0.2, 0.25) is 10.0 Å². The Morgan fingerprint density at radius 1 is 1.35 bits per heavy atom. The van der Waals surface area contributed by atoms with Crippen LogP contribution in [0.25, 0.3) is 0 Å². The smallest absolute Gasteiger partial charge is 0.242 e. The van der Waals surface area contributed by atoms with Crippen LogP contribution in [0.3, 0.4) is 0 Å². The number of hydrogen-bond donors (Lipinski definition) is 2. The average molecular weight is 313 g/mol. The molecule has 0 saturated heterocycles. The molecule has 7 heteroatoms. The summed E-state index contributed by atoms with van der Waals surface area (Å²) in [6.45, 7) is 2.72. The lowest BCUT2D eigenvalue weighted by Crippen LogP contribution is -2.22. The summed E-state index contributed by atoms with van der Waals surface area (Å²) in [6, 6.07) is 5.60. The second-order valence-electron chi connectivity index (χ2n) is 4.53. The molecule has 5 nitrogen and oxygen atoms in total. The van der Waals surface area contributed by atoms with Gasteiger partial charge in [-0.15, -0.1) is 11.3 Å². The van der Waals surface area contributed by atoms with E-state index in [1.807, 2.05) is 12.1 Å². The van der Waals surface area contributed by atoms with Crippen molar-refractivity contribution in [3.63, 3.8) is 0 Å². The lowest BCUT2D eigenvalue weighted by molar-refractivity contribution is 0.581. The van der Waals surface area contributed by atoms with Gasteiger partial charge in [0.15, 0.2) is 0 Å². The third-order valence-corrected chi connectivity index (χ3v) is 5.70. The first kappa shape index (κ1) is 15.2. The van der Waals surface area contributed by atoms with Crippen molar-refractivity contribution in [3.8, 4) is 0 Å². The molecule has 0 aliphatic rings. The number of nitrogens with one attached hydrogen (secondary N) is 1. The van der Waals surface area contributed by atoms with Crippen LogP contribution < -0.4 is 10.5 Å². The fraction of sp³-hybridized carbons (Fsp3) is 0.385. The summed E-state index contributed by atoms with van der Waals surface area (Å²) < 4.78 is 28.8. The minimum absolute atomic E-state index is 0.257. The predicted molar refractivity (Wildman–Crippen MR) is 81.0 cm³/mol. The Balaban J connectivity index is 2.10. The van der Waals surface area contributed by atoms with Gasteiger partial charge in [0.1, 0.15) is 0 Å². The van der Waals surface area contributed by atoms with Gasteiger partial charge in [-0.2, -0.15) is 0 Å². The van der Waals surface area contributed by atoms with E-state index >= 15 is 0 Å². The van der Waals surface area contributed by atoms with Crippen molar-refractivity contribution in [2.75, 3.05) is 0 Å². The summed E-state index contributed by atoms with van der Waals surface area (Å²) in [5, 5.41) is 0. The highest BCUT2D eigenvalue weighted by Crippen LogP contribution is 2.18. The Morgan fingerprint density at radius 3 is 2.60 bits per heavy atom. The summed E-state index contributed by atoms with van der Waals surface area (Å²) in [5.41, 5.74) is 6.34. The van der Waals surface area contributed by atoms with Crippen molar-refractivity contribution < 1.29 is 8.42 Å². The van der Waals surface area contributed by atoms with Gasteiger partial charge in [-0.3, -0.25) is 0 Å². The van der Waals surface area contributed by atoms with E-state index in [2.05, 4.69) is 11.6 Å². The number of hydrogen-bond acceptors (Lipinski definition) is 4. The Morgan fingerprint density at radius 2 is 2.05 bits per heavy atom. The average Bonchev–Trinajstić information content (AvgIpc) is 3.02. The Kier molecular flexibility index (Phi) is 4.64. The number of nitrogens with two attached hydrogens (primary N) is 1. The highest BCUT2D eigenvalue weighted by atomic mass is 32.2. The standard InChI is InChI=1S/C13H19N3O2S2/c1-3-11-4-5-12(19-11)8-15-20(17,18)13-6-10(7-14)16(2)9-13/h4-6,9,15H,3,7-8,14H2,1-2H3. The first-order chi connectivity index (χ1) is 9.46. The third kappa shape index (κ3) is 3.29. The van der Waals surface area contributed by atoms with Crippen LogP contribution in [0.15, 0.2) is 29.3 Å². The maximum Gasteiger partial charge on any atom is 0.242 e. The highest BCUT2D eigenvalue weighted by Gasteiger charge is 2.17. The van der Waals surface area contributed by atoms with Crippen LogP contribution in [0, 0.1) is 0 Å². The number of aromatic nitrogens is 1. The van der Waals surface area contributed by atoms with Crippen molar-refractivity contribution in [2.24, 2.45) is 12.8 Å². The number of aryl methyl sites for hydroxylation is 2. The first-order valence-corrected chi connectivity index (χ1v) is 8.68. The van der Waals surface area contributed by atoms with E-state index in [4.69, 9.17) is 5.73 Å². The van der Waals surface area contributed by atoms with Crippen molar-refractivity contribution in [2.45, 2.75) is 31.3 Å². The molecule has 2 rings (SSSR count). The molecule has 0 amide bonds. The predicted octanol–water partition coefficient (Wildman–Crippen LogP) is 1.59. The monoisotopic (exact) mass is 313 g/mol. The number of thiophene rings is 1. The summed E-state index contributed by atoms with van der Waals surface area (Å²) in [4.78, 5) is 2.53. The van der Waals surface area contributed by atoms with Crippen molar-refractivity contribution in [3.05, 3.63) is 39.8 Å². The van der Waals surface area contributed by atoms with Crippen LogP contribution in [0.5, 0.6) is 0 Å². The molecular weight excluding hydrogens is 294 g/mol. The topological polar surface area (TPSA) is 77.1 Å². The van der Waals surface area contributed by atoms with Crippen molar-refractivity contribution >= 4 is 21.4 Å². The highest BCUT2D eigenvalue weighted by molar-refractivity contribution is 7.89. The maximum atomic E-state index is 12.2. The van der Waals surface area contributed by atoms with Gasteiger partial charge in [-0.25, -0.2) is 13.1 Å². The molecular formula is C13H19N3O2S2. The molecule has 2 heterocycles. The van der Waals surface area contributed by atoms with Gasteiger partial charge in [-0.05, 0) is 24.6 Å². The van der Waals surface area contributed by atoms with Crippen molar-refractivity contribution in [1.29, 1.82) is 0 Å². The summed E-state index contributed by atoms with van der Waals surface area (Å²) in [7, 11) is -1.70. The maximum absolute atomic E-state index is 12.2. The molecule has 0 radical (unpaired) electrons. The van der Waals surface area contributed by atoms with E-state index in [1.54, 1.807) is 35.2 Å². The summed E-state index contributed by atoms with van der Waals surface area (Å²) in [5.74, 6) is 0. The van der Waals surface area contributed by atoms with E-state index in [1.165, 1.54) is 4.88 Å². The quantitative estimate of drug-likeness (QED) is 0.850. The zero-order chi connectivity index (χ0) is 14.8. The van der Waals surface area contributed by atoms with Crippen LogP contribution >= 0.6 is 11.3 Å². The Labute approximate surface area is 123 Å². The van der Waals surface area contributed by atoms with E-state index in [0.717, 1.165) is 17.0 Å². The fourth-order valence-electron chi connectivity index (χ4n) is 1.88. The van der Waals surface area contributed by atoms with E-state index in [9.17, 15) is 8.42 Å². The summed E-state index contributed by atoms with van der Waals surface area (Å²) in [6.07, 6.45) is 2.55. The van der Waals surface area contributed by atoms with Crippen LogP contribution in [-0.4, -0.2) is 13.0 Å². The molecule has 20 heavy (non-hydrogen) atoms. The molecule has 0 unspecified atom stereocenters. The molecule has 2 aromatic heterocycles. The molecule has 0 aliphatic carbocycles. The molecule has 0 bridgehead atoms. The lowest BCUT2D eigenvalue weighted by atomic mass is 10.4. The van der Waals surface area contributed by atoms with Crippen LogP contribution in [0.1, 0.15) is 22.4 Å². The number of rotatable bonds is 6. The molecule has 2 aromatic rings. The van der Waals surface area contributed by atoms with Gasteiger partial charge in [-0.1, -0.05) is 6.92 Å². The molecule has 3 N–H and O–H groups in total. The largest absolute Gasteiger partial charge is 0.352 e. The van der Waals surface area contributed by atoms with Crippen LogP contribution in [0.4, 0.5) is 0 Å². The van der Waals surface area contributed by atoms with E-state index in [-0.39, 0.29) is 4.90 Å². The van der Waals surface area contributed by atoms with Gasteiger partial charge in [0.25, 0.3) is 0 Å². The van der Waals surface area contributed by atoms with E-state index < -0.39 is 10.0 Å². The number of nitrogens with zero attached hydrogens (tertiary/aromatic N) is 1. The second-order valence-corrected chi connectivity index (χ2v) is 7.55. The van der Waals surface area contributed by atoms with Gasteiger partial charge < -0.3 is 10.3 Å². The third-order valence-electron chi connectivity index (χ3n) is 3.10. The minimum Gasteiger partial charge on any atom is -0.352 e. The normalized spacial score (nSPS) is 11.9. The molecule has 0 fully saturated rings. The molecule has 0 aliphatic heterocycles.